The van der Waals surface area contributed by atoms with Gasteiger partial charge >= 0.3 is 0 Å². The summed E-state index contributed by atoms with van der Waals surface area (Å²) in [5.74, 6) is 0. The number of pyridine rings is 2. The van der Waals surface area contributed by atoms with Crippen molar-refractivity contribution in [2.75, 3.05) is 31.1 Å². The van der Waals surface area contributed by atoms with E-state index in [9.17, 15) is 10.1 Å². The maximum Gasteiger partial charge on any atom is 0.251 e. The Hall–Kier alpha value is -3.31. The van der Waals surface area contributed by atoms with Gasteiger partial charge in [0.1, 0.15) is 6.07 Å². The summed E-state index contributed by atoms with van der Waals surface area (Å²) in [5.41, 5.74) is 4.59. The lowest BCUT2D eigenvalue weighted by Crippen LogP contribution is -2.46. The van der Waals surface area contributed by atoms with Gasteiger partial charge in [-0.1, -0.05) is 6.92 Å². The number of rotatable bonds is 4. The standard InChI is InChI=1S/C20H21N7O/c1-2-15-10-16-17(24-20(15)28)9-14(12-22-16)13-26-5-7-27(8-6-26)19-3-4-23-25-18(19)11-21/h3-4,9-10,12H,2,5-8,13H2,1H3,(H,24,28). The summed E-state index contributed by atoms with van der Waals surface area (Å²) in [4.78, 5) is 24.0. The van der Waals surface area contributed by atoms with Crippen LogP contribution in [-0.2, 0) is 13.0 Å². The third kappa shape index (κ3) is 3.57. The first-order valence-corrected chi connectivity index (χ1v) is 9.38. The minimum absolute atomic E-state index is 0.0400. The number of nitrogens with one attached hydrogen (secondary N) is 1. The van der Waals surface area contributed by atoms with Crippen LogP contribution in [-0.4, -0.2) is 51.2 Å². The van der Waals surface area contributed by atoms with Crippen molar-refractivity contribution in [1.29, 1.82) is 5.26 Å². The lowest BCUT2D eigenvalue weighted by molar-refractivity contribution is 0.249. The predicted molar refractivity (Wildman–Crippen MR) is 106 cm³/mol. The fraction of sp³-hybridized carbons (Fsp3) is 0.350. The van der Waals surface area contributed by atoms with E-state index in [0.717, 1.165) is 60.6 Å². The zero-order chi connectivity index (χ0) is 19.5. The van der Waals surface area contributed by atoms with E-state index in [4.69, 9.17) is 0 Å². The van der Waals surface area contributed by atoms with Gasteiger partial charge in [0.05, 0.1) is 22.9 Å². The van der Waals surface area contributed by atoms with Crippen LogP contribution in [0, 0.1) is 11.3 Å². The van der Waals surface area contributed by atoms with Crippen molar-refractivity contribution in [2.45, 2.75) is 19.9 Å². The Balaban J connectivity index is 1.45. The molecule has 1 N–H and O–H groups in total. The highest BCUT2D eigenvalue weighted by atomic mass is 16.1. The third-order valence-corrected chi connectivity index (χ3v) is 5.13. The smallest absolute Gasteiger partial charge is 0.251 e. The number of H-pyrrole nitrogens is 1. The molecule has 0 aromatic carbocycles. The zero-order valence-electron chi connectivity index (χ0n) is 15.7. The van der Waals surface area contributed by atoms with E-state index in [2.05, 4.69) is 36.0 Å². The Labute approximate surface area is 162 Å². The Morgan fingerprint density at radius 2 is 2.07 bits per heavy atom. The van der Waals surface area contributed by atoms with Gasteiger partial charge in [-0.2, -0.15) is 10.4 Å². The number of hydrogen-bond donors (Lipinski definition) is 1. The summed E-state index contributed by atoms with van der Waals surface area (Å²) in [6.45, 7) is 6.11. The van der Waals surface area contributed by atoms with Crippen LogP contribution in [0.1, 0.15) is 23.7 Å². The normalized spacial score (nSPS) is 14.9. The first kappa shape index (κ1) is 18.1. The van der Waals surface area contributed by atoms with Crippen LogP contribution in [0.5, 0.6) is 0 Å². The number of fused-ring (bicyclic) bond motifs is 1. The third-order valence-electron chi connectivity index (χ3n) is 5.13. The fourth-order valence-electron chi connectivity index (χ4n) is 3.58. The first-order chi connectivity index (χ1) is 13.7. The molecule has 4 rings (SSSR count). The topological polar surface area (TPSA) is 102 Å². The largest absolute Gasteiger partial charge is 0.367 e. The number of aryl methyl sites for hydroxylation is 1. The number of anilines is 1. The molecule has 4 heterocycles. The van der Waals surface area contributed by atoms with Crippen molar-refractivity contribution >= 4 is 16.7 Å². The highest BCUT2D eigenvalue weighted by molar-refractivity contribution is 5.74. The molecule has 3 aromatic heterocycles. The Kier molecular flexibility index (Phi) is 5.00. The molecule has 0 saturated carbocycles. The highest BCUT2D eigenvalue weighted by Crippen LogP contribution is 2.20. The van der Waals surface area contributed by atoms with E-state index in [1.54, 1.807) is 6.20 Å². The molecule has 1 aliphatic rings. The molecule has 8 heteroatoms. The molecule has 0 atom stereocenters. The average Bonchev–Trinajstić information content (AvgIpc) is 2.73. The van der Waals surface area contributed by atoms with Crippen LogP contribution in [0.15, 0.2) is 35.4 Å². The van der Waals surface area contributed by atoms with E-state index >= 15 is 0 Å². The van der Waals surface area contributed by atoms with Gasteiger partial charge in [0.2, 0.25) is 0 Å². The van der Waals surface area contributed by atoms with Gasteiger partial charge in [-0.25, -0.2) is 0 Å². The maximum atomic E-state index is 12.1. The SMILES string of the molecule is CCc1cc2ncc(CN3CCN(c4ccnnc4C#N)CC3)cc2[nH]c1=O. The lowest BCUT2D eigenvalue weighted by atomic mass is 10.1. The second kappa shape index (κ2) is 7.74. The number of aromatic nitrogens is 4. The molecule has 1 fully saturated rings. The minimum atomic E-state index is -0.0400. The molecular weight excluding hydrogens is 354 g/mol. The summed E-state index contributed by atoms with van der Waals surface area (Å²) in [6.07, 6.45) is 4.19. The van der Waals surface area contributed by atoms with Crippen molar-refractivity contribution in [3.05, 3.63) is 57.8 Å². The van der Waals surface area contributed by atoms with Crippen LogP contribution < -0.4 is 10.5 Å². The van der Waals surface area contributed by atoms with Gasteiger partial charge in [-0.05, 0) is 30.2 Å². The van der Waals surface area contributed by atoms with Crippen molar-refractivity contribution < 1.29 is 0 Å². The second-order valence-electron chi connectivity index (χ2n) is 6.89. The van der Waals surface area contributed by atoms with Gasteiger partial charge in [0, 0.05) is 44.5 Å². The van der Waals surface area contributed by atoms with Gasteiger partial charge in [0.15, 0.2) is 5.69 Å². The first-order valence-electron chi connectivity index (χ1n) is 9.38. The summed E-state index contributed by atoms with van der Waals surface area (Å²) in [5, 5.41) is 16.9. The van der Waals surface area contributed by atoms with E-state index in [-0.39, 0.29) is 5.56 Å². The van der Waals surface area contributed by atoms with E-state index in [1.165, 1.54) is 0 Å². The lowest BCUT2D eigenvalue weighted by Gasteiger charge is -2.36. The molecular formula is C20H21N7O. The van der Waals surface area contributed by atoms with Gasteiger partial charge < -0.3 is 9.88 Å². The Bertz CT molecular complexity index is 1090. The minimum Gasteiger partial charge on any atom is -0.367 e. The molecule has 0 bridgehead atoms. The summed E-state index contributed by atoms with van der Waals surface area (Å²) >= 11 is 0. The number of nitriles is 1. The quantitative estimate of drug-likeness (QED) is 0.737. The zero-order valence-corrected chi connectivity index (χ0v) is 15.7. The molecule has 0 spiro atoms. The molecule has 0 unspecified atom stereocenters. The molecule has 3 aromatic rings. The van der Waals surface area contributed by atoms with Crippen molar-refractivity contribution in [2.24, 2.45) is 0 Å². The van der Waals surface area contributed by atoms with Crippen molar-refractivity contribution in [3.63, 3.8) is 0 Å². The molecule has 28 heavy (non-hydrogen) atoms. The predicted octanol–water partition coefficient (Wildman–Crippen LogP) is 1.47. The Morgan fingerprint density at radius 3 is 2.82 bits per heavy atom. The molecule has 1 saturated heterocycles. The van der Waals surface area contributed by atoms with Gasteiger partial charge in [-0.3, -0.25) is 14.7 Å². The molecule has 142 valence electrons. The molecule has 8 nitrogen and oxygen atoms in total. The van der Waals surface area contributed by atoms with E-state index < -0.39 is 0 Å². The molecule has 0 aliphatic carbocycles. The number of piperazine rings is 1. The average molecular weight is 375 g/mol. The maximum absolute atomic E-state index is 12.1. The molecule has 0 radical (unpaired) electrons. The second-order valence-corrected chi connectivity index (χ2v) is 6.89. The van der Waals surface area contributed by atoms with Crippen molar-refractivity contribution in [1.82, 2.24) is 25.1 Å². The van der Waals surface area contributed by atoms with Crippen LogP contribution >= 0.6 is 0 Å². The van der Waals surface area contributed by atoms with Crippen LogP contribution in [0.2, 0.25) is 0 Å². The van der Waals surface area contributed by atoms with Crippen LogP contribution in [0.4, 0.5) is 5.69 Å². The van der Waals surface area contributed by atoms with E-state index in [1.807, 2.05) is 31.3 Å². The molecule has 0 amide bonds. The number of nitrogens with zero attached hydrogens (tertiary/aromatic N) is 6. The Morgan fingerprint density at radius 1 is 1.25 bits per heavy atom. The number of aromatic amines is 1. The summed E-state index contributed by atoms with van der Waals surface area (Å²) < 4.78 is 0. The molecule has 1 aliphatic heterocycles. The van der Waals surface area contributed by atoms with Crippen LogP contribution in [0.25, 0.3) is 11.0 Å². The fourth-order valence-corrected chi connectivity index (χ4v) is 3.58. The van der Waals surface area contributed by atoms with Crippen molar-refractivity contribution in [3.8, 4) is 6.07 Å². The van der Waals surface area contributed by atoms with Crippen LogP contribution in [0.3, 0.4) is 0 Å². The monoisotopic (exact) mass is 375 g/mol. The summed E-state index contributed by atoms with van der Waals surface area (Å²) in [7, 11) is 0. The van der Waals surface area contributed by atoms with E-state index in [0.29, 0.717) is 12.1 Å². The number of hydrogen-bond acceptors (Lipinski definition) is 7. The summed E-state index contributed by atoms with van der Waals surface area (Å²) in [6, 6.07) is 7.83. The van der Waals surface area contributed by atoms with Gasteiger partial charge in [0.25, 0.3) is 5.56 Å². The highest BCUT2D eigenvalue weighted by Gasteiger charge is 2.20. The van der Waals surface area contributed by atoms with Gasteiger partial charge in [-0.15, -0.1) is 5.10 Å².